The van der Waals surface area contributed by atoms with Crippen LogP contribution in [0.5, 0.6) is 0 Å². The van der Waals surface area contributed by atoms with Crippen molar-refractivity contribution in [1.82, 2.24) is 0 Å². The van der Waals surface area contributed by atoms with Gasteiger partial charge in [0.15, 0.2) is 16.6 Å². The van der Waals surface area contributed by atoms with Crippen LogP contribution in [-0.4, -0.2) is 33.8 Å². The molecular formula is C31H72O3Si4. The summed E-state index contributed by atoms with van der Waals surface area (Å²) in [5.41, 5.74) is 0. The second kappa shape index (κ2) is 21.5. The molecule has 7 heteroatoms. The number of hydrogen-bond donors (Lipinski definition) is 0. The zero-order chi connectivity index (χ0) is 29.0. The molecule has 0 fully saturated rings. The Morgan fingerprint density at radius 3 is 0.921 bits per heavy atom. The quantitative estimate of drug-likeness (QED) is 0.0689. The van der Waals surface area contributed by atoms with Gasteiger partial charge in [0, 0.05) is 0 Å². The first kappa shape index (κ1) is 38.7. The Kier molecular flexibility index (Phi) is 21.9. The molecule has 0 radical (unpaired) electrons. The van der Waals surface area contributed by atoms with Gasteiger partial charge in [0.1, 0.15) is 0 Å². The highest BCUT2D eigenvalue weighted by molar-refractivity contribution is 6.89. The van der Waals surface area contributed by atoms with Crippen molar-refractivity contribution in [3.05, 3.63) is 0 Å². The molecule has 0 spiro atoms. The van der Waals surface area contributed by atoms with Gasteiger partial charge < -0.3 is 12.3 Å². The maximum Gasteiger partial charge on any atom is 0.315 e. The van der Waals surface area contributed by atoms with Crippen molar-refractivity contribution in [1.29, 1.82) is 0 Å². The molecule has 0 aromatic heterocycles. The Bertz CT molecular complexity index is 546. The predicted octanol–water partition coefficient (Wildman–Crippen LogP) is 12.3. The topological polar surface area (TPSA) is 27.7 Å². The average molecular weight is 605 g/mol. The molecule has 0 aromatic rings. The van der Waals surface area contributed by atoms with Crippen molar-refractivity contribution >= 4 is 33.8 Å². The second-order valence-corrected chi connectivity index (χ2v) is 31.0. The smallest absolute Gasteiger partial charge is 0.315 e. The summed E-state index contributed by atoms with van der Waals surface area (Å²) in [6, 6.07) is 1.11. The molecule has 1 atom stereocenters. The molecule has 230 valence electrons. The van der Waals surface area contributed by atoms with Gasteiger partial charge >= 0.3 is 17.1 Å². The molecule has 0 aliphatic rings. The van der Waals surface area contributed by atoms with Crippen LogP contribution in [0.2, 0.25) is 65.0 Å². The van der Waals surface area contributed by atoms with Crippen molar-refractivity contribution in [3.8, 4) is 0 Å². The van der Waals surface area contributed by atoms with Gasteiger partial charge in [-0.05, 0) is 65.0 Å². The summed E-state index contributed by atoms with van der Waals surface area (Å²) >= 11 is 0. The van der Waals surface area contributed by atoms with E-state index in [9.17, 15) is 0 Å². The lowest BCUT2D eigenvalue weighted by Gasteiger charge is -2.41. The molecule has 0 bridgehead atoms. The second-order valence-electron chi connectivity index (χ2n) is 14.5. The first-order valence-corrected chi connectivity index (χ1v) is 28.9. The van der Waals surface area contributed by atoms with Crippen LogP contribution in [0.15, 0.2) is 0 Å². The van der Waals surface area contributed by atoms with Crippen LogP contribution in [0.1, 0.15) is 135 Å². The normalized spacial score (nSPS) is 14.7. The summed E-state index contributed by atoms with van der Waals surface area (Å²) < 4.78 is 20.1. The van der Waals surface area contributed by atoms with Crippen LogP contribution < -0.4 is 0 Å². The van der Waals surface area contributed by atoms with E-state index in [4.69, 9.17) is 12.3 Å². The monoisotopic (exact) mass is 604 g/mol. The largest absolute Gasteiger partial charge is 0.437 e. The zero-order valence-corrected chi connectivity index (χ0v) is 32.1. The maximum absolute atomic E-state index is 6.82. The molecule has 0 heterocycles. The van der Waals surface area contributed by atoms with Gasteiger partial charge in [-0.3, -0.25) is 0 Å². The Labute approximate surface area is 245 Å². The lowest BCUT2D eigenvalue weighted by molar-refractivity contribution is 0.322. The molecule has 0 rings (SSSR count). The molecule has 0 saturated heterocycles. The average Bonchev–Trinajstić information content (AvgIpc) is 2.74. The standard InChI is InChI=1S/C31H72O3Si4/c1-11-12-13-14-15-16-17-18-19-20-21-22-23-24-25-26-27-28-29-30-31-38(10,33-36(5,6)7)34-37(8,9)32-35(2,3)4/h11-31H2,1-10H3. The van der Waals surface area contributed by atoms with Gasteiger partial charge in [-0.25, -0.2) is 0 Å². The van der Waals surface area contributed by atoms with Gasteiger partial charge in [-0.1, -0.05) is 135 Å². The Balaban J connectivity index is 3.82. The molecule has 0 aliphatic heterocycles. The minimum atomic E-state index is -2.21. The van der Waals surface area contributed by atoms with Crippen molar-refractivity contribution in [2.45, 2.75) is 200 Å². The lowest BCUT2D eigenvalue weighted by atomic mass is 10.0. The first-order chi connectivity index (χ1) is 17.7. The molecule has 3 nitrogen and oxygen atoms in total. The summed E-state index contributed by atoms with van der Waals surface area (Å²) in [7, 11) is -7.65. The van der Waals surface area contributed by atoms with Crippen molar-refractivity contribution in [3.63, 3.8) is 0 Å². The summed E-state index contributed by atoms with van der Waals surface area (Å²) in [4.78, 5) is 0. The third kappa shape index (κ3) is 26.9. The number of rotatable bonds is 27. The molecule has 0 saturated carbocycles. The fourth-order valence-corrected chi connectivity index (χ4v) is 23.8. The van der Waals surface area contributed by atoms with Crippen LogP contribution in [0.25, 0.3) is 0 Å². The van der Waals surface area contributed by atoms with E-state index >= 15 is 0 Å². The summed E-state index contributed by atoms with van der Waals surface area (Å²) in [6.07, 6.45) is 28.5. The fourth-order valence-electron chi connectivity index (χ4n) is 5.75. The zero-order valence-electron chi connectivity index (χ0n) is 28.1. The molecular weight excluding hydrogens is 533 g/mol. The van der Waals surface area contributed by atoms with E-state index in [1.165, 1.54) is 128 Å². The van der Waals surface area contributed by atoms with Gasteiger partial charge in [0.25, 0.3) is 0 Å². The van der Waals surface area contributed by atoms with Crippen LogP contribution in [0.3, 0.4) is 0 Å². The SMILES string of the molecule is CCCCCCCCCCCCCCCCCCCCCC[Si](C)(O[Si](C)(C)C)O[Si](C)(C)O[Si](C)(C)C. The van der Waals surface area contributed by atoms with Crippen LogP contribution in [0.4, 0.5) is 0 Å². The van der Waals surface area contributed by atoms with Gasteiger partial charge in [-0.15, -0.1) is 0 Å². The first-order valence-electron chi connectivity index (χ1n) is 16.8. The highest BCUT2D eigenvalue weighted by Crippen LogP contribution is 2.28. The van der Waals surface area contributed by atoms with E-state index in [0.717, 1.165) is 6.04 Å². The third-order valence-electron chi connectivity index (χ3n) is 7.02. The van der Waals surface area contributed by atoms with Gasteiger partial charge in [-0.2, -0.15) is 0 Å². The molecule has 0 N–H and O–H groups in total. The van der Waals surface area contributed by atoms with Crippen LogP contribution in [-0.2, 0) is 12.3 Å². The minimum Gasteiger partial charge on any atom is -0.437 e. The minimum absolute atomic E-state index is 1.11. The van der Waals surface area contributed by atoms with E-state index in [1.54, 1.807) is 0 Å². The van der Waals surface area contributed by atoms with E-state index < -0.39 is 33.8 Å². The maximum atomic E-state index is 6.82. The van der Waals surface area contributed by atoms with Crippen LogP contribution in [0, 0.1) is 0 Å². The van der Waals surface area contributed by atoms with Crippen molar-refractivity contribution < 1.29 is 12.3 Å². The molecule has 0 aromatic carbocycles. The molecule has 38 heavy (non-hydrogen) atoms. The van der Waals surface area contributed by atoms with E-state index in [0.29, 0.717) is 0 Å². The van der Waals surface area contributed by atoms with Gasteiger partial charge in [0.2, 0.25) is 0 Å². The summed E-state index contributed by atoms with van der Waals surface area (Å²) in [5, 5.41) is 0. The Hall–Kier alpha value is 0.748. The number of unbranched alkanes of at least 4 members (excludes halogenated alkanes) is 19. The van der Waals surface area contributed by atoms with Gasteiger partial charge in [0.05, 0.1) is 0 Å². The molecule has 0 amide bonds. The predicted molar refractivity (Wildman–Crippen MR) is 182 cm³/mol. The fraction of sp³-hybridized carbons (Fsp3) is 1.00. The van der Waals surface area contributed by atoms with Crippen LogP contribution >= 0.6 is 0 Å². The highest BCUT2D eigenvalue weighted by Gasteiger charge is 2.44. The Morgan fingerprint density at radius 1 is 0.342 bits per heavy atom. The van der Waals surface area contributed by atoms with Crippen molar-refractivity contribution in [2.75, 3.05) is 0 Å². The number of hydrogen-bond acceptors (Lipinski definition) is 3. The van der Waals surface area contributed by atoms with E-state index in [2.05, 4.69) is 65.8 Å². The Morgan fingerprint density at radius 2 is 0.632 bits per heavy atom. The van der Waals surface area contributed by atoms with E-state index in [1.807, 2.05) is 0 Å². The lowest BCUT2D eigenvalue weighted by Crippen LogP contribution is -2.56. The summed E-state index contributed by atoms with van der Waals surface area (Å²) in [5.74, 6) is 0. The summed E-state index contributed by atoms with van der Waals surface area (Å²) in [6.45, 7) is 22.8. The molecule has 0 aliphatic carbocycles. The third-order valence-corrected chi connectivity index (χ3v) is 20.6. The molecule has 1 unspecified atom stereocenters. The highest BCUT2D eigenvalue weighted by atomic mass is 28.5. The van der Waals surface area contributed by atoms with E-state index in [-0.39, 0.29) is 0 Å². The van der Waals surface area contributed by atoms with Crippen molar-refractivity contribution in [2.24, 2.45) is 0 Å².